The van der Waals surface area contributed by atoms with Crippen LogP contribution >= 0.6 is 0 Å². The van der Waals surface area contributed by atoms with Gasteiger partial charge in [-0.1, -0.05) is 19.3 Å². The highest BCUT2D eigenvalue weighted by atomic mass is 32.2. The first-order valence-electron chi connectivity index (χ1n) is 6.73. The number of sulfonamides is 1. The molecule has 1 saturated carbocycles. The van der Waals surface area contributed by atoms with Gasteiger partial charge in [0.2, 0.25) is 10.0 Å². The second-order valence-electron chi connectivity index (χ2n) is 5.94. The molecule has 1 fully saturated rings. The van der Waals surface area contributed by atoms with Crippen LogP contribution in [-0.4, -0.2) is 38.8 Å². The zero-order valence-corrected chi connectivity index (χ0v) is 12.9. The molecule has 0 aliphatic heterocycles. The van der Waals surface area contributed by atoms with Crippen molar-refractivity contribution in [3.05, 3.63) is 0 Å². The van der Waals surface area contributed by atoms with Crippen LogP contribution in [0.2, 0.25) is 0 Å². The van der Waals surface area contributed by atoms with Crippen molar-refractivity contribution < 1.29 is 8.42 Å². The van der Waals surface area contributed by atoms with Crippen LogP contribution in [0.5, 0.6) is 0 Å². The summed E-state index contributed by atoms with van der Waals surface area (Å²) >= 11 is 0. The number of nitrogens with zero attached hydrogens (tertiary/aromatic N) is 1. The van der Waals surface area contributed by atoms with Crippen molar-refractivity contribution in [2.75, 3.05) is 12.8 Å². The molecule has 0 heterocycles. The monoisotopic (exact) mass is 290 g/mol. The summed E-state index contributed by atoms with van der Waals surface area (Å²) in [5, 5.41) is 3.20. The maximum absolute atomic E-state index is 11.2. The molecule has 0 atom stereocenters. The lowest BCUT2D eigenvalue weighted by Gasteiger charge is -2.25. The molecule has 0 radical (unpaired) electrons. The smallest absolute Gasteiger partial charge is 0.209 e. The number of guanidine groups is 1. The topological polar surface area (TPSA) is 96.6 Å². The SMILES string of the molecule is CC(C)(CN=C(N)NC1CCCCC1)NS(C)(=O)=O. The minimum absolute atomic E-state index is 0.311. The van der Waals surface area contributed by atoms with E-state index >= 15 is 0 Å². The van der Waals surface area contributed by atoms with Crippen LogP contribution < -0.4 is 15.8 Å². The fourth-order valence-corrected chi connectivity index (χ4v) is 3.39. The van der Waals surface area contributed by atoms with E-state index < -0.39 is 15.6 Å². The number of rotatable bonds is 5. The van der Waals surface area contributed by atoms with Crippen molar-refractivity contribution in [2.24, 2.45) is 10.7 Å². The van der Waals surface area contributed by atoms with Gasteiger partial charge in [-0.05, 0) is 26.7 Å². The van der Waals surface area contributed by atoms with E-state index in [9.17, 15) is 8.42 Å². The molecule has 0 aromatic carbocycles. The highest BCUT2D eigenvalue weighted by Crippen LogP contribution is 2.17. The van der Waals surface area contributed by atoms with E-state index in [0.29, 0.717) is 18.5 Å². The predicted molar refractivity (Wildman–Crippen MR) is 78.6 cm³/mol. The zero-order valence-electron chi connectivity index (χ0n) is 12.1. The molecule has 112 valence electrons. The second-order valence-corrected chi connectivity index (χ2v) is 7.69. The lowest BCUT2D eigenvalue weighted by molar-refractivity contribution is 0.410. The van der Waals surface area contributed by atoms with Gasteiger partial charge < -0.3 is 11.1 Å². The van der Waals surface area contributed by atoms with Crippen molar-refractivity contribution in [1.29, 1.82) is 0 Å². The van der Waals surface area contributed by atoms with Crippen molar-refractivity contribution in [3.8, 4) is 0 Å². The molecule has 6 nitrogen and oxygen atoms in total. The Hall–Kier alpha value is -0.820. The summed E-state index contributed by atoms with van der Waals surface area (Å²) in [6.45, 7) is 3.88. The van der Waals surface area contributed by atoms with E-state index in [4.69, 9.17) is 5.73 Å². The minimum atomic E-state index is -3.24. The number of hydrogen-bond acceptors (Lipinski definition) is 3. The zero-order chi connectivity index (χ0) is 14.5. The van der Waals surface area contributed by atoms with Gasteiger partial charge in [0.05, 0.1) is 12.8 Å². The Labute approximate surface area is 116 Å². The molecule has 1 aliphatic rings. The van der Waals surface area contributed by atoms with Crippen LogP contribution in [0.1, 0.15) is 46.0 Å². The molecule has 0 bridgehead atoms. The van der Waals surface area contributed by atoms with Gasteiger partial charge in [-0.15, -0.1) is 0 Å². The third-order valence-corrected chi connectivity index (χ3v) is 3.99. The van der Waals surface area contributed by atoms with Crippen LogP contribution in [-0.2, 0) is 10.0 Å². The summed E-state index contributed by atoms with van der Waals surface area (Å²) in [5.41, 5.74) is 5.20. The Morgan fingerprint density at radius 1 is 1.32 bits per heavy atom. The number of aliphatic imine (C=N–C) groups is 1. The van der Waals surface area contributed by atoms with Crippen LogP contribution in [0.15, 0.2) is 4.99 Å². The largest absolute Gasteiger partial charge is 0.370 e. The molecular formula is C12H26N4O2S. The van der Waals surface area contributed by atoms with Gasteiger partial charge in [0, 0.05) is 11.6 Å². The fourth-order valence-electron chi connectivity index (χ4n) is 2.32. The Morgan fingerprint density at radius 2 is 1.89 bits per heavy atom. The minimum Gasteiger partial charge on any atom is -0.370 e. The van der Waals surface area contributed by atoms with E-state index in [0.717, 1.165) is 19.1 Å². The molecular weight excluding hydrogens is 264 g/mol. The average molecular weight is 290 g/mol. The fraction of sp³-hybridized carbons (Fsp3) is 0.917. The Morgan fingerprint density at radius 3 is 2.42 bits per heavy atom. The molecule has 0 spiro atoms. The normalized spacial score (nSPS) is 19.4. The first-order chi connectivity index (χ1) is 8.68. The molecule has 1 rings (SSSR count). The lowest BCUT2D eigenvalue weighted by Crippen LogP contribution is -2.47. The summed E-state index contributed by atoms with van der Waals surface area (Å²) in [7, 11) is -3.24. The first-order valence-corrected chi connectivity index (χ1v) is 8.62. The molecule has 7 heteroatoms. The van der Waals surface area contributed by atoms with Gasteiger partial charge in [0.25, 0.3) is 0 Å². The highest BCUT2D eigenvalue weighted by molar-refractivity contribution is 7.88. The molecule has 0 aromatic rings. The van der Waals surface area contributed by atoms with Crippen LogP contribution in [0.4, 0.5) is 0 Å². The Kier molecular flexibility index (Phi) is 5.61. The molecule has 4 N–H and O–H groups in total. The van der Waals surface area contributed by atoms with Gasteiger partial charge in [-0.25, -0.2) is 13.1 Å². The predicted octanol–water partition coefficient (Wildman–Crippen LogP) is 0.551. The van der Waals surface area contributed by atoms with Crippen molar-refractivity contribution in [3.63, 3.8) is 0 Å². The first kappa shape index (κ1) is 16.2. The lowest BCUT2D eigenvalue weighted by atomic mass is 9.96. The number of hydrogen-bond donors (Lipinski definition) is 3. The Bertz CT molecular complexity index is 411. The van der Waals surface area contributed by atoms with E-state index in [-0.39, 0.29) is 0 Å². The Balaban J connectivity index is 2.45. The van der Waals surface area contributed by atoms with Crippen LogP contribution in [0.3, 0.4) is 0 Å². The molecule has 0 saturated heterocycles. The van der Waals surface area contributed by atoms with E-state index in [1.807, 2.05) is 0 Å². The molecule has 0 amide bonds. The van der Waals surface area contributed by atoms with E-state index in [1.165, 1.54) is 19.3 Å². The molecule has 0 aromatic heterocycles. The maximum atomic E-state index is 11.2. The number of nitrogens with one attached hydrogen (secondary N) is 2. The standard InChI is InChI=1S/C12H26N4O2S/c1-12(2,16-19(3,17)18)9-14-11(13)15-10-7-5-4-6-8-10/h10,16H,4-9H2,1-3H3,(H3,13,14,15). The third-order valence-electron chi connectivity index (χ3n) is 3.06. The molecule has 0 unspecified atom stereocenters. The summed E-state index contributed by atoms with van der Waals surface area (Å²) in [5.74, 6) is 0.398. The maximum Gasteiger partial charge on any atom is 0.209 e. The van der Waals surface area contributed by atoms with Gasteiger partial charge in [0.15, 0.2) is 5.96 Å². The highest BCUT2D eigenvalue weighted by Gasteiger charge is 2.22. The van der Waals surface area contributed by atoms with Crippen molar-refractivity contribution >= 4 is 16.0 Å². The van der Waals surface area contributed by atoms with Gasteiger partial charge in [-0.2, -0.15) is 0 Å². The molecule has 1 aliphatic carbocycles. The van der Waals surface area contributed by atoms with Crippen LogP contribution in [0.25, 0.3) is 0 Å². The van der Waals surface area contributed by atoms with Crippen molar-refractivity contribution in [1.82, 2.24) is 10.0 Å². The summed E-state index contributed by atoms with van der Waals surface area (Å²) < 4.78 is 24.9. The summed E-state index contributed by atoms with van der Waals surface area (Å²) in [6.07, 6.45) is 7.14. The second kappa shape index (κ2) is 6.56. The quantitative estimate of drug-likeness (QED) is 0.509. The summed E-state index contributed by atoms with van der Waals surface area (Å²) in [6, 6.07) is 0.406. The van der Waals surface area contributed by atoms with Gasteiger partial charge in [0.1, 0.15) is 0 Å². The molecule has 19 heavy (non-hydrogen) atoms. The average Bonchev–Trinajstić information content (AvgIpc) is 2.25. The van der Waals surface area contributed by atoms with E-state index in [1.54, 1.807) is 13.8 Å². The van der Waals surface area contributed by atoms with E-state index in [2.05, 4.69) is 15.0 Å². The number of nitrogens with two attached hydrogens (primary N) is 1. The third kappa shape index (κ3) is 7.37. The summed E-state index contributed by atoms with van der Waals surface area (Å²) in [4.78, 5) is 4.23. The van der Waals surface area contributed by atoms with Crippen LogP contribution in [0, 0.1) is 0 Å². The van der Waals surface area contributed by atoms with Gasteiger partial charge >= 0.3 is 0 Å². The van der Waals surface area contributed by atoms with Gasteiger partial charge in [-0.3, -0.25) is 4.99 Å². The van der Waals surface area contributed by atoms with Crippen molar-refractivity contribution in [2.45, 2.75) is 57.5 Å².